The van der Waals surface area contributed by atoms with Crippen LogP contribution in [0, 0.1) is 6.92 Å². The minimum atomic E-state index is -3.83. The molecule has 7 nitrogen and oxygen atoms in total. The molecule has 0 spiro atoms. The molecule has 0 saturated carbocycles. The number of benzene rings is 3. The van der Waals surface area contributed by atoms with E-state index in [0.29, 0.717) is 30.4 Å². The molecule has 3 aromatic carbocycles. The fourth-order valence-electron chi connectivity index (χ4n) is 3.33. The average Bonchev–Trinajstić information content (AvgIpc) is 2.80. The Hall–Kier alpha value is -3.52. The van der Waals surface area contributed by atoms with Crippen molar-refractivity contribution < 1.29 is 22.7 Å². The Morgan fingerprint density at radius 2 is 1.66 bits per heavy atom. The quantitative estimate of drug-likeness (QED) is 0.588. The van der Waals surface area contributed by atoms with E-state index >= 15 is 0 Å². The van der Waals surface area contributed by atoms with Crippen molar-refractivity contribution in [2.45, 2.75) is 24.8 Å². The monoisotopic (exact) mass is 452 g/mol. The van der Waals surface area contributed by atoms with Crippen molar-refractivity contribution in [2.75, 3.05) is 17.9 Å². The highest BCUT2D eigenvalue weighted by Gasteiger charge is 2.19. The summed E-state index contributed by atoms with van der Waals surface area (Å²) in [4.78, 5) is 12.8. The van der Waals surface area contributed by atoms with Gasteiger partial charge >= 0.3 is 0 Å². The normalized spacial score (nSPS) is 13.8. The Bertz CT molecular complexity index is 1240. The summed E-state index contributed by atoms with van der Waals surface area (Å²) in [5.74, 6) is 0.947. The predicted molar refractivity (Wildman–Crippen MR) is 122 cm³/mol. The van der Waals surface area contributed by atoms with Gasteiger partial charge in [0.15, 0.2) is 11.5 Å². The topological polar surface area (TPSA) is 93.7 Å². The van der Waals surface area contributed by atoms with Crippen molar-refractivity contribution in [3.8, 4) is 11.5 Å². The minimum Gasteiger partial charge on any atom is -0.486 e. The number of carbonyl (C=O) groups excluding carboxylic acids is 1. The van der Waals surface area contributed by atoms with E-state index in [2.05, 4.69) is 10.0 Å². The van der Waals surface area contributed by atoms with Gasteiger partial charge in [0, 0.05) is 11.3 Å². The van der Waals surface area contributed by atoms with Crippen molar-refractivity contribution >= 4 is 21.6 Å². The molecular formula is C24H24N2O5S. The van der Waals surface area contributed by atoms with Gasteiger partial charge in [0.05, 0.1) is 10.9 Å². The van der Waals surface area contributed by atoms with E-state index in [9.17, 15) is 13.2 Å². The number of ether oxygens (including phenoxy) is 2. The molecule has 1 heterocycles. The van der Waals surface area contributed by atoms with Gasteiger partial charge in [0.25, 0.3) is 15.9 Å². The third-order valence-corrected chi connectivity index (χ3v) is 6.50. The number of hydrogen-bond acceptors (Lipinski definition) is 5. The highest BCUT2D eigenvalue weighted by molar-refractivity contribution is 7.92. The van der Waals surface area contributed by atoms with Gasteiger partial charge in [-0.3, -0.25) is 9.52 Å². The van der Waals surface area contributed by atoms with Crippen LogP contribution in [0.5, 0.6) is 11.5 Å². The van der Waals surface area contributed by atoms with Gasteiger partial charge in [0.1, 0.15) is 13.2 Å². The molecule has 0 radical (unpaired) electrons. The number of fused-ring (bicyclic) bond motifs is 1. The van der Waals surface area contributed by atoms with Crippen LogP contribution in [0.25, 0.3) is 0 Å². The molecular weight excluding hydrogens is 428 g/mol. The van der Waals surface area contributed by atoms with E-state index in [0.717, 1.165) is 11.1 Å². The van der Waals surface area contributed by atoms with Crippen LogP contribution in [0.1, 0.15) is 34.5 Å². The van der Waals surface area contributed by atoms with E-state index in [1.807, 2.05) is 44.2 Å². The number of amides is 1. The van der Waals surface area contributed by atoms with Gasteiger partial charge < -0.3 is 14.8 Å². The maximum absolute atomic E-state index is 12.8. The Morgan fingerprint density at radius 1 is 0.938 bits per heavy atom. The van der Waals surface area contributed by atoms with Crippen LogP contribution in [-0.2, 0) is 10.0 Å². The maximum Gasteiger partial charge on any atom is 0.261 e. The Morgan fingerprint density at radius 3 is 2.41 bits per heavy atom. The highest BCUT2D eigenvalue weighted by Crippen LogP contribution is 2.32. The number of sulfonamides is 1. The first-order valence-corrected chi connectivity index (χ1v) is 11.7. The summed E-state index contributed by atoms with van der Waals surface area (Å²) in [6.45, 7) is 4.76. The van der Waals surface area contributed by atoms with Crippen LogP contribution in [-0.4, -0.2) is 27.5 Å². The molecule has 3 aromatic rings. The second kappa shape index (κ2) is 8.92. The third kappa shape index (κ3) is 4.86. The summed E-state index contributed by atoms with van der Waals surface area (Å²) < 4.78 is 39.2. The number of rotatable bonds is 6. The van der Waals surface area contributed by atoms with Gasteiger partial charge in [0.2, 0.25) is 0 Å². The number of hydrogen-bond donors (Lipinski definition) is 2. The Balaban J connectivity index is 1.48. The number of aryl methyl sites for hydroxylation is 1. The first-order chi connectivity index (χ1) is 15.3. The first-order valence-electron chi connectivity index (χ1n) is 10.2. The predicted octanol–water partition coefficient (Wildman–Crippen LogP) is 4.06. The summed E-state index contributed by atoms with van der Waals surface area (Å²) in [7, 11) is -3.83. The number of nitrogens with one attached hydrogen (secondary N) is 2. The van der Waals surface area contributed by atoms with Crippen molar-refractivity contribution in [1.82, 2.24) is 5.32 Å². The van der Waals surface area contributed by atoms with Gasteiger partial charge in [-0.05, 0) is 61.9 Å². The molecule has 1 amide bonds. The summed E-state index contributed by atoms with van der Waals surface area (Å²) in [5, 5.41) is 2.90. The van der Waals surface area contributed by atoms with Gasteiger partial charge in [-0.15, -0.1) is 0 Å². The van der Waals surface area contributed by atoms with Crippen LogP contribution in [0.2, 0.25) is 0 Å². The molecule has 32 heavy (non-hydrogen) atoms. The summed E-state index contributed by atoms with van der Waals surface area (Å²) in [6.07, 6.45) is 0. The molecule has 0 bridgehead atoms. The zero-order chi connectivity index (χ0) is 22.7. The van der Waals surface area contributed by atoms with Gasteiger partial charge in [-0.2, -0.15) is 0 Å². The summed E-state index contributed by atoms with van der Waals surface area (Å²) >= 11 is 0. The minimum absolute atomic E-state index is 0.0118. The SMILES string of the molecule is Cc1ccc(NS(=O)(=O)c2cccc(C(=O)NC(C)c3ccc4c(c3)OCCO4)c2)cc1. The van der Waals surface area contributed by atoms with Crippen molar-refractivity contribution in [3.05, 3.63) is 83.4 Å². The lowest BCUT2D eigenvalue weighted by atomic mass is 10.1. The molecule has 0 fully saturated rings. The second-order valence-corrected chi connectivity index (χ2v) is 9.28. The van der Waals surface area contributed by atoms with Crippen LogP contribution in [0.3, 0.4) is 0 Å². The first kappa shape index (κ1) is 21.7. The lowest BCUT2D eigenvalue weighted by Gasteiger charge is -2.21. The van der Waals surface area contributed by atoms with E-state index in [1.165, 1.54) is 12.1 Å². The van der Waals surface area contributed by atoms with E-state index in [4.69, 9.17) is 9.47 Å². The Labute approximate surface area is 187 Å². The average molecular weight is 453 g/mol. The van der Waals surface area contributed by atoms with Crippen molar-refractivity contribution in [3.63, 3.8) is 0 Å². The molecule has 1 aliphatic rings. The maximum atomic E-state index is 12.8. The fourth-order valence-corrected chi connectivity index (χ4v) is 4.44. The molecule has 1 aliphatic heterocycles. The van der Waals surface area contributed by atoms with E-state index < -0.39 is 10.0 Å². The van der Waals surface area contributed by atoms with Gasteiger partial charge in [-0.25, -0.2) is 8.42 Å². The van der Waals surface area contributed by atoms with Crippen LogP contribution < -0.4 is 19.5 Å². The van der Waals surface area contributed by atoms with E-state index in [-0.39, 0.29) is 22.4 Å². The van der Waals surface area contributed by atoms with Crippen molar-refractivity contribution in [1.29, 1.82) is 0 Å². The number of anilines is 1. The summed E-state index contributed by atoms with van der Waals surface area (Å²) in [6, 6.07) is 18.2. The molecule has 166 valence electrons. The fraction of sp³-hybridized carbons (Fsp3) is 0.208. The third-order valence-electron chi connectivity index (χ3n) is 5.12. The van der Waals surface area contributed by atoms with Crippen LogP contribution >= 0.6 is 0 Å². The second-order valence-electron chi connectivity index (χ2n) is 7.60. The Kier molecular flexibility index (Phi) is 6.05. The molecule has 2 N–H and O–H groups in total. The smallest absolute Gasteiger partial charge is 0.261 e. The largest absolute Gasteiger partial charge is 0.486 e. The lowest BCUT2D eigenvalue weighted by Crippen LogP contribution is -2.27. The number of carbonyl (C=O) groups is 1. The highest BCUT2D eigenvalue weighted by atomic mass is 32.2. The molecule has 8 heteroatoms. The molecule has 1 unspecified atom stereocenters. The summed E-state index contributed by atoms with van der Waals surface area (Å²) in [5.41, 5.74) is 2.59. The van der Waals surface area contributed by atoms with Crippen LogP contribution in [0.4, 0.5) is 5.69 Å². The standard InChI is InChI=1S/C24H24N2O5S/c1-16-6-9-20(10-7-16)26-32(28,29)21-5-3-4-19(14-21)24(27)25-17(2)18-8-11-22-23(15-18)31-13-12-30-22/h3-11,14-15,17,26H,12-13H2,1-2H3,(H,25,27). The molecule has 4 rings (SSSR count). The van der Waals surface area contributed by atoms with Gasteiger partial charge in [-0.1, -0.05) is 29.8 Å². The molecule has 0 aliphatic carbocycles. The molecule has 0 saturated heterocycles. The van der Waals surface area contributed by atoms with Crippen molar-refractivity contribution in [2.24, 2.45) is 0 Å². The molecule has 0 aromatic heterocycles. The zero-order valence-electron chi connectivity index (χ0n) is 17.8. The van der Waals surface area contributed by atoms with Crippen LogP contribution in [0.15, 0.2) is 71.6 Å². The molecule has 1 atom stereocenters. The lowest BCUT2D eigenvalue weighted by molar-refractivity contribution is 0.0939. The van der Waals surface area contributed by atoms with E-state index in [1.54, 1.807) is 24.3 Å². The zero-order valence-corrected chi connectivity index (χ0v) is 18.6.